The molecule has 2 nitrogen and oxygen atoms in total. The van der Waals surface area contributed by atoms with E-state index in [9.17, 15) is 0 Å². The topological polar surface area (TPSA) is 18.5 Å². The SMILES string of the molecule is CCCCC1CCCCC1(CCCC)OOC1(CCCC)CCCCC1CCCC. The van der Waals surface area contributed by atoms with Crippen molar-refractivity contribution in [2.75, 3.05) is 0 Å². The van der Waals surface area contributed by atoms with E-state index in [2.05, 4.69) is 27.7 Å². The molecule has 0 saturated heterocycles. The molecule has 4 atom stereocenters. The van der Waals surface area contributed by atoms with Gasteiger partial charge in [0, 0.05) is 0 Å². The summed E-state index contributed by atoms with van der Waals surface area (Å²) in [5.74, 6) is 1.39. The molecule has 2 aliphatic carbocycles. The minimum Gasteiger partial charge on any atom is -0.229 e. The van der Waals surface area contributed by atoms with Crippen LogP contribution in [0.2, 0.25) is 0 Å². The van der Waals surface area contributed by atoms with Gasteiger partial charge in [-0.2, -0.15) is 0 Å². The van der Waals surface area contributed by atoms with Crippen LogP contribution in [0.4, 0.5) is 0 Å². The highest BCUT2D eigenvalue weighted by atomic mass is 17.2. The summed E-state index contributed by atoms with van der Waals surface area (Å²) < 4.78 is 0. The molecule has 0 bridgehead atoms. The van der Waals surface area contributed by atoms with Gasteiger partial charge < -0.3 is 0 Å². The van der Waals surface area contributed by atoms with Crippen LogP contribution in [-0.4, -0.2) is 11.2 Å². The van der Waals surface area contributed by atoms with E-state index < -0.39 is 0 Å². The number of rotatable bonds is 15. The van der Waals surface area contributed by atoms with Crippen LogP contribution in [-0.2, 0) is 9.78 Å². The number of hydrogen-bond acceptors (Lipinski definition) is 2. The Kier molecular flexibility index (Phi) is 12.3. The van der Waals surface area contributed by atoms with Crippen molar-refractivity contribution in [1.29, 1.82) is 0 Å². The van der Waals surface area contributed by atoms with Gasteiger partial charge in [0.15, 0.2) is 0 Å². The van der Waals surface area contributed by atoms with E-state index in [4.69, 9.17) is 9.78 Å². The molecule has 0 radical (unpaired) electrons. The summed E-state index contributed by atoms with van der Waals surface area (Å²) in [7, 11) is 0. The van der Waals surface area contributed by atoms with Gasteiger partial charge in [0.05, 0.1) is 0 Å². The second-order valence-corrected chi connectivity index (χ2v) is 10.7. The summed E-state index contributed by atoms with van der Waals surface area (Å²) in [6.07, 6.45) is 25.9. The Morgan fingerprint density at radius 2 is 0.967 bits per heavy atom. The summed E-state index contributed by atoms with van der Waals surface area (Å²) in [5, 5.41) is 0. The monoisotopic (exact) mass is 422 g/mol. The van der Waals surface area contributed by atoms with Gasteiger partial charge >= 0.3 is 0 Å². The smallest absolute Gasteiger partial charge is 0.106 e. The minimum atomic E-state index is -0.0185. The highest BCUT2D eigenvalue weighted by molar-refractivity contribution is 4.94. The first kappa shape index (κ1) is 26.2. The van der Waals surface area contributed by atoms with Crippen molar-refractivity contribution in [1.82, 2.24) is 0 Å². The molecule has 0 N–H and O–H groups in total. The minimum absolute atomic E-state index is 0.0185. The largest absolute Gasteiger partial charge is 0.229 e. The molecule has 0 aromatic rings. The van der Waals surface area contributed by atoms with Gasteiger partial charge in [0.2, 0.25) is 0 Å². The van der Waals surface area contributed by atoms with Gasteiger partial charge in [-0.3, -0.25) is 0 Å². The molecule has 2 saturated carbocycles. The highest BCUT2D eigenvalue weighted by Gasteiger charge is 2.47. The van der Waals surface area contributed by atoms with Crippen LogP contribution in [0, 0.1) is 11.8 Å². The van der Waals surface area contributed by atoms with E-state index >= 15 is 0 Å². The lowest BCUT2D eigenvalue weighted by atomic mass is 9.70. The molecule has 0 aromatic heterocycles. The predicted octanol–water partition coefficient (Wildman–Crippen LogP) is 9.55. The third-order valence-corrected chi connectivity index (χ3v) is 8.39. The lowest BCUT2D eigenvalue weighted by Crippen LogP contribution is -2.50. The third-order valence-electron chi connectivity index (χ3n) is 8.39. The maximum atomic E-state index is 6.83. The lowest BCUT2D eigenvalue weighted by Gasteiger charge is -2.48. The van der Waals surface area contributed by atoms with Crippen molar-refractivity contribution in [3.05, 3.63) is 0 Å². The van der Waals surface area contributed by atoms with Gasteiger partial charge in [-0.15, -0.1) is 0 Å². The molecule has 0 heterocycles. The van der Waals surface area contributed by atoms with E-state index in [0.29, 0.717) is 11.8 Å². The molecule has 178 valence electrons. The molecule has 2 rings (SSSR count). The van der Waals surface area contributed by atoms with Gasteiger partial charge in [0.1, 0.15) is 11.2 Å². The molecule has 2 heteroatoms. The fourth-order valence-corrected chi connectivity index (χ4v) is 6.36. The van der Waals surface area contributed by atoms with Crippen molar-refractivity contribution < 1.29 is 9.78 Å². The zero-order chi connectivity index (χ0) is 21.7. The molecular formula is C28H54O2. The molecular weight excluding hydrogens is 368 g/mol. The maximum absolute atomic E-state index is 6.83. The second-order valence-electron chi connectivity index (χ2n) is 10.7. The Hall–Kier alpha value is -0.0800. The quantitative estimate of drug-likeness (QED) is 0.193. The fourth-order valence-electron chi connectivity index (χ4n) is 6.36. The van der Waals surface area contributed by atoms with Crippen molar-refractivity contribution in [2.24, 2.45) is 11.8 Å². The van der Waals surface area contributed by atoms with Crippen LogP contribution in [0.5, 0.6) is 0 Å². The van der Waals surface area contributed by atoms with Crippen molar-refractivity contribution >= 4 is 0 Å². The molecule has 0 aromatic carbocycles. The summed E-state index contributed by atoms with van der Waals surface area (Å²) in [6.45, 7) is 9.30. The van der Waals surface area contributed by atoms with Crippen molar-refractivity contribution in [3.8, 4) is 0 Å². The van der Waals surface area contributed by atoms with E-state index in [1.807, 2.05) is 0 Å². The Morgan fingerprint density at radius 1 is 0.567 bits per heavy atom. The first-order valence-corrected chi connectivity index (χ1v) is 14.0. The molecule has 2 fully saturated rings. The van der Waals surface area contributed by atoms with Gasteiger partial charge in [0.25, 0.3) is 0 Å². The van der Waals surface area contributed by atoms with Crippen LogP contribution in [0.25, 0.3) is 0 Å². The number of hydrogen-bond donors (Lipinski definition) is 0. The van der Waals surface area contributed by atoms with E-state index in [0.717, 1.165) is 0 Å². The Bertz CT molecular complexity index is 396. The summed E-state index contributed by atoms with van der Waals surface area (Å²) in [6, 6.07) is 0. The Morgan fingerprint density at radius 3 is 1.33 bits per heavy atom. The summed E-state index contributed by atoms with van der Waals surface area (Å²) >= 11 is 0. The van der Waals surface area contributed by atoms with Crippen LogP contribution in [0.3, 0.4) is 0 Å². The van der Waals surface area contributed by atoms with Crippen molar-refractivity contribution in [2.45, 2.75) is 167 Å². The highest BCUT2D eigenvalue weighted by Crippen LogP contribution is 2.48. The lowest BCUT2D eigenvalue weighted by molar-refractivity contribution is -0.442. The standard InChI is InChI=1S/C28H54O2/c1-5-9-17-25-19-13-15-23-27(25,21-11-7-3)29-30-28(22-12-8-4)24-16-14-20-26(28)18-10-6-2/h25-26H,5-24H2,1-4H3. The van der Waals surface area contributed by atoms with Crippen LogP contribution < -0.4 is 0 Å². The van der Waals surface area contributed by atoms with Crippen LogP contribution in [0.1, 0.15) is 156 Å². The van der Waals surface area contributed by atoms with E-state index in [-0.39, 0.29) is 11.2 Å². The Balaban J connectivity index is 2.19. The molecule has 0 aliphatic heterocycles. The predicted molar refractivity (Wildman–Crippen MR) is 130 cm³/mol. The van der Waals surface area contributed by atoms with E-state index in [1.165, 1.54) is 128 Å². The molecule has 0 spiro atoms. The second kappa shape index (κ2) is 14.1. The van der Waals surface area contributed by atoms with Crippen LogP contribution in [0.15, 0.2) is 0 Å². The van der Waals surface area contributed by atoms with Gasteiger partial charge in [-0.05, 0) is 63.2 Å². The zero-order valence-electron chi connectivity index (χ0n) is 21.1. The van der Waals surface area contributed by atoms with E-state index in [1.54, 1.807) is 0 Å². The molecule has 0 amide bonds. The first-order chi connectivity index (χ1) is 14.7. The Labute approximate surface area is 189 Å². The summed E-state index contributed by atoms with van der Waals surface area (Å²) in [4.78, 5) is 13.7. The van der Waals surface area contributed by atoms with Gasteiger partial charge in [-0.1, -0.05) is 105 Å². The average molecular weight is 423 g/mol. The molecule has 2 aliphatic rings. The van der Waals surface area contributed by atoms with Crippen LogP contribution >= 0.6 is 0 Å². The molecule has 30 heavy (non-hydrogen) atoms. The fraction of sp³-hybridized carbons (Fsp3) is 1.00. The van der Waals surface area contributed by atoms with Gasteiger partial charge in [-0.25, -0.2) is 9.78 Å². The summed E-state index contributed by atoms with van der Waals surface area (Å²) in [5.41, 5.74) is -0.0369. The third kappa shape index (κ3) is 7.22. The first-order valence-electron chi connectivity index (χ1n) is 14.0. The van der Waals surface area contributed by atoms with Crippen molar-refractivity contribution in [3.63, 3.8) is 0 Å². The average Bonchev–Trinajstić information content (AvgIpc) is 2.79. The number of unbranched alkanes of at least 4 members (excludes halogenated alkanes) is 4. The normalized spacial score (nSPS) is 32.4. The molecule has 4 unspecified atom stereocenters. The zero-order valence-corrected chi connectivity index (χ0v) is 21.1. The maximum Gasteiger partial charge on any atom is 0.106 e.